The number of amides is 2. The van der Waals surface area contributed by atoms with Gasteiger partial charge in [0.05, 0.1) is 31.2 Å². The predicted octanol–water partition coefficient (Wildman–Crippen LogP) is 2.77. The lowest BCUT2D eigenvalue weighted by molar-refractivity contribution is 0.249. The first-order valence-corrected chi connectivity index (χ1v) is 8.75. The van der Waals surface area contributed by atoms with E-state index >= 15 is 0 Å². The number of aryl methyl sites for hydroxylation is 1. The number of benzene rings is 1. The normalized spacial score (nSPS) is 11.8. The molecule has 1 atom stereocenters. The number of methoxy groups -OCH3 is 1. The summed E-state index contributed by atoms with van der Waals surface area (Å²) in [7, 11) is 1.63. The van der Waals surface area contributed by atoms with Gasteiger partial charge in [-0.2, -0.15) is 5.10 Å². The lowest BCUT2D eigenvalue weighted by atomic mass is 10.2. The predicted molar refractivity (Wildman–Crippen MR) is 101 cm³/mol. The third-order valence-corrected chi connectivity index (χ3v) is 4.02. The first-order valence-electron chi connectivity index (χ1n) is 8.75. The summed E-state index contributed by atoms with van der Waals surface area (Å²) in [6.45, 7) is 4.70. The van der Waals surface area contributed by atoms with Crippen molar-refractivity contribution < 1.29 is 9.53 Å². The number of aromatic nitrogens is 5. The molecule has 0 saturated heterocycles. The van der Waals surface area contributed by atoms with Crippen LogP contribution in [0, 0.1) is 0 Å². The number of urea groups is 1. The molecule has 9 nitrogen and oxygen atoms in total. The molecule has 0 spiro atoms. The van der Waals surface area contributed by atoms with E-state index in [1.807, 2.05) is 37.4 Å². The zero-order valence-electron chi connectivity index (χ0n) is 15.6. The summed E-state index contributed by atoms with van der Waals surface area (Å²) in [5.74, 6) is 1.20. The Labute approximate surface area is 157 Å². The van der Waals surface area contributed by atoms with Gasteiger partial charge in [0.2, 0.25) is 0 Å². The Bertz CT molecular complexity index is 885. The number of anilines is 1. The first kappa shape index (κ1) is 18.4. The monoisotopic (exact) mass is 369 g/mol. The van der Waals surface area contributed by atoms with Crippen LogP contribution < -0.4 is 15.4 Å². The fourth-order valence-corrected chi connectivity index (χ4v) is 2.56. The van der Waals surface area contributed by atoms with Gasteiger partial charge < -0.3 is 10.1 Å². The van der Waals surface area contributed by atoms with Gasteiger partial charge in [-0.05, 0) is 37.6 Å². The second-order valence-corrected chi connectivity index (χ2v) is 6.10. The number of carbonyl (C=O) groups is 1. The summed E-state index contributed by atoms with van der Waals surface area (Å²) in [6, 6.07) is 7.01. The Morgan fingerprint density at radius 1 is 1.26 bits per heavy atom. The maximum Gasteiger partial charge on any atom is 0.320 e. The van der Waals surface area contributed by atoms with Gasteiger partial charge in [-0.3, -0.25) is 10.00 Å². The Kier molecular flexibility index (Phi) is 5.70. The van der Waals surface area contributed by atoms with E-state index < -0.39 is 0 Å². The van der Waals surface area contributed by atoms with Crippen LogP contribution in [0.5, 0.6) is 5.75 Å². The smallest absolute Gasteiger partial charge is 0.320 e. The van der Waals surface area contributed by atoms with Gasteiger partial charge in [-0.1, -0.05) is 12.1 Å². The van der Waals surface area contributed by atoms with Crippen LogP contribution >= 0.6 is 0 Å². The van der Waals surface area contributed by atoms with E-state index in [1.54, 1.807) is 28.9 Å². The molecule has 3 rings (SSSR count). The van der Waals surface area contributed by atoms with Crippen LogP contribution in [0.3, 0.4) is 0 Å². The minimum atomic E-state index is -0.344. The van der Waals surface area contributed by atoms with Gasteiger partial charge in [0, 0.05) is 18.3 Å². The topological polar surface area (TPSA) is 98.9 Å². The zero-order chi connectivity index (χ0) is 19.2. The van der Waals surface area contributed by atoms with Crippen molar-refractivity contribution in [1.82, 2.24) is 30.1 Å². The lowest BCUT2D eigenvalue weighted by Gasteiger charge is -2.12. The summed E-state index contributed by atoms with van der Waals surface area (Å²) < 4.78 is 8.60. The highest BCUT2D eigenvalue weighted by Gasteiger charge is 2.13. The number of rotatable bonds is 7. The van der Waals surface area contributed by atoms with Crippen molar-refractivity contribution in [2.75, 3.05) is 12.4 Å². The van der Waals surface area contributed by atoms with Crippen LogP contribution in [0.1, 0.15) is 31.9 Å². The molecule has 0 aliphatic carbocycles. The molecule has 0 fully saturated rings. The molecule has 0 unspecified atom stereocenters. The highest BCUT2D eigenvalue weighted by Crippen LogP contribution is 2.17. The minimum Gasteiger partial charge on any atom is -0.497 e. The molecule has 0 aliphatic rings. The minimum absolute atomic E-state index is 0.220. The number of nitrogens with zero attached hydrogens (tertiary/aromatic N) is 5. The maximum atomic E-state index is 12.2. The van der Waals surface area contributed by atoms with E-state index in [2.05, 4.69) is 33.0 Å². The second-order valence-electron chi connectivity index (χ2n) is 6.10. The SMILES string of the molecule is CCCn1cc(NC(=O)N[C@@H](C)c2cnn(-c3ccc(OC)cc3)c2)nn1. The molecule has 2 aromatic heterocycles. The second kappa shape index (κ2) is 8.35. The number of nitrogens with one attached hydrogen (secondary N) is 2. The summed E-state index contributed by atoms with van der Waals surface area (Å²) in [5, 5.41) is 17.8. The average molecular weight is 369 g/mol. The highest BCUT2D eigenvalue weighted by molar-refractivity contribution is 5.88. The van der Waals surface area contributed by atoms with Crippen LogP contribution in [-0.2, 0) is 6.54 Å². The molecule has 2 N–H and O–H groups in total. The number of hydrogen-bond acceptors (Lipinski definition) is 5. The van der Waals surface area contributed by atoms with Gasteiger partial charge in [0.1, 0.15) is 5.75 Å². The fourth-order valence-electron chi connectivity index (χ4n) is 2.56. The standard InChI is InChI=1S/C18H23N7O2/c1-4-9-24-12-17(22-23-24)21-18(26)20-13(2)14-10-19-25(11-14)15-5-7-16(27-3)8-6-15/h5-8,10-13H,4,9H2,1-3H3,(H2,20,21,26)/t13-/m0/s1. The van der Waals surface area contributed by atoms with Crippen LogP contribution in [0.4, 0.5) is 10.6 Å². The average Bonchev–Trinajstić information content (AvgIpc) is 3.32. The van der Waals surface area contributed by atoms with Crippen molar-refractivity contribution in [3.63, 3.8) is 0 Å². The third kappa shape index (κ3) is 4.63. The summed E-state index contributed by atoms with van der Waals surface area (Å²) in [4.78, 5) is 12.2. The van der Waals surface area contributed by atoms with Gasteiger partial charge in [-0.25, -0.2) is 9.48 Å². The molecular formula is C18H23N7O2. The van der Waals surface area contributed by atoms with Crippen LogP contribution in [0.25, 0.3) is 5.69 Å². The Hall–Kier alpha value is -3.36. The van der Waals surface area contributed by atoms with Crippen LogP contribution in [0.2, 0.25) is 0 Å². The molecule has 2 heterocycles. The van der Waals surface area contributed by atoms with Crippen LogP contribution in [-0.4, -0.2) is 37.9 Å². The van der Waals surface area contributed by atoms with Crippen molar-refractivity contribution in [2.45, 2.75) is 32.9 Å². The van der Waals surface area contributed by atoms with Gasteiger partial charge >= 0.3 is 6.03 Å². The van der Waals surface area contributed by atoms with E-state index in [1.165, 1.54) is 0 Å². The van der Waals surface area contributed by atoms with E-state index in [0.29, 0.717) is 5.82 Å². The van der Waals surface area contributed by atoms with E-state index in [0.717, 1.165) is 30.0 Å². The Morgan fingerprint density at radius 3 is 2.74 bits per heavy atom. The Morgan fingerprint density at radius 2 is 2.04 bits per heavy atom. The van der Waals surface area contributed by atoms with Crippen molar-refractivity contribution in [2.24, 2.45) is 0 Å². The molecule has 3 aromatic rings. The van der Waals surface area contributed by atoms with Crippen molar-refractivity contribution in [3.8, 4) is 11.4 Å². The quantitative estimate of drug-likeness (QED) is 0.667. The largest absolute Gasteiger partial charge is 0.497 e. The van der Waals surface area contributed by atoms with Crippen molar-refractivity contribution >= 4 is 11.8 Å². The summed E-state index contributed by atoms with van der Waals surface area (Å²) >= 11 is 0. The lowest BCUT2D eigenvalue weighted by Crippen LogP contribution is -2.31. The molecule has 2 amide bonds. The number of carbonyl (C=O) groups excluding carboxylic acids is 1. The first-order chi connectivity index (χ1) is 13.1. The molecule has 0 saturated carbocycles. The number of ether oxygens (including phenoxy) is 1. The van der Waals surface area contributed by atoms with Gasteiger partial charge in [0.15, 0.2) is 5.82 Å². The van der Waals surface area contributed by atoms with E-state index in [-0.39, 0.29) is 12.1 Å². The summed E-state index contributed by atoms with van der Waals surface area (Å²) in [5.41, 5.74) is 1.79. The van der Waals surface area contributed by atoms with Crippen molar-refractivity contribution in [1.29, 1.82) is 0 Å². The van der Waals surface area contributed by atoms with E-state index in [9.17, 15) is 4.79 Å². The van der Waals surface area contributed by atoms with Gasteiger partial charge in [0.25, 0.3) is 0 Å². The number of hydrogen-bond donors (Lipinski definition) is 2. The van der Waals surface area contributed by atoms with E-state index in [4.69, 9.17) is 4.74 Å². The van der Waals surface area contributed by atoms with Gasteiger partial charge in [-0.15, -0.1) is 5.10 Å². The fraction of sp³-hybridized carbons (Fsp3) is 0.333. The summed E-state index contributed by atoms with van der Waals surface area (Å²) in [6.07, 6.45) is 6.26. The third-order valence-electron chi connectivity index (χ3n) is 4.02. The highest BCUT2D eigenvalue weighted by atomic mass is 16.5. The van der Waals surface area contributed by atoms with Crippen LogP contribution in [0.15, 0.2) is 42.9 Å². The molecular weight excluding hydrogens is 346 g/mol. The molecule has 0 aliphatic heterocycles. The molecule has 1 aromatic carbocycles. The molecule has 142 valence electrons. The maximum absolute atomic E-state index is 12.2. The molecule has 27 heavy (non-hydrogen) atoms. The van der Waals surface area contributed by atoms with Crippen molar-refractivity contribution in [3.05, 3.63) is 48.4 Å². The molecule has 0 radical (unpaired) electrons. The zero-order valence-corrected chi connectivity index (χ0v) is 15.6. The molecule has 0 bridgehead atoms. The Balaban J connectivity index is 1.59. The molecule has 9 heteroatoms.